The molecule has 1 aromatic rings. The second kappa shape index (κ2) is 12.3. The summed E-state index contributed by atoms with van der Waals surface area (Å²) >= 11 is 0. The van der Waals surface area contributed by atoms with E-state index in [1.807, 2.05) is 6.21 Å². The van der Waals surface area contributed by atoms with E-state index in [1.54, 1.807) is 25.1 Å². The lowest BCUT2D eigenvalue weighted by atomic mass is 9.41. The first-order valence-corrected chi connectivity index (χ1v) is 17.6. The van der Waals surface area contributed by atoms with Crippen LogP contribution in [0.1, 0.15) is 83.6 Å². The topological polar surface area (TPSA) is 138 Å². The third-order valence-corrected chi connectivity index (χ3v) is 13.4. The average Bonchev–Trinajstić information content (AvgIpc) is 3.58. The maximum atomic E-state index is 13.5. The predicted octanol–water partition coefficient (Wildman–Crippen LogP) is 4.03. The Bertz CT molecular complexity index is 1390. The van der Waals surface area contributed by atoms with Crippen molar-refractivity contribution in [2.75, 3.05) is 13.2 Å². The summed E-state index contributed by atoms with van der Waals surface area (Å²) < 4.78 is 31.0. The van der Waals surface area contributed by atoms with Crippen LogP contribution in [0.15, 0.2) is 40.9 Å². The van der Waals surface area contributed by atoms with Crippen LogP contribution in [0.25, 0.3) is 0 Å². The number of halogens is 1. The highest BCUT2D eigenvalue weighted by molar-refractivity contribution is 5.85. The van der Waals surface area contributed by atoms with Crippen molar-refractivity contribution in [3.05, 3.63) is 47.3 Å². The molecule has 9 unspecified atom stereocenters. The Kier molecular flexibility index (Phi) is 8.70. The van der Waals surface area contributed by atoms with E-state index in [1.165, 1.54) is 12.1 Å². The van der Waals surface area contributed by atoms with Crippen LogP contribution in [0.5, 0.6) is 0 Å². The van der Waals surface area contributed by atoms with Gasteiger partial charge in [-0.2, -0.15) is 0 Å². The SMILES string of the molecule is CC1OC(OC2CC[C@]3(C=NCCc4ccc(F)cc4)[C@H]4CC[C@]5(C)C(C6=CC(=O)OC6)CCC5(O)C4CCC3(O)C2)CC(O)C1O. The summed E-state index contributed by atoms with van der Waals surface area (Å²) in [4.78, 5) is 16.9. The fourth-order valence-corrected chi connectivity index (χ4v) is 10.9. The van der Waals surface area contributed by atoms with Crippen LogP contribution in [0.2, 0.25) is 0 Å². The van der Waals surface area contributed by atoms with Crippen LogP contribution in [0.4, 0.5) is 4.39 Å². The number of hydrogen-bond acceptors (Lipinski definition) is 9. The number of carbonyl (C=O) groups excluding carboxylic acids is 1. The predicted molar refractivity (Wildman–Crippen MR) is 171 cm³/mol. The van der Waals surface area contributed by atoms with Gasteiger partial charge in [0.15, 0.2) is 6.29 Å². The molecule has 2 aliphatic heterocycles. The van der Waals surface area contributed by atoms with E-state index in [2.05, 4.69) is 6.92 Å². The molecule has 1 aromatic carbocycles. The highest BCUT2D eigenvalue weighted by atomic mass is 19.1. The van der Waals surface area contributed by atoms with Crippen LogP contribution in [-0.4, -0.2) is 87.7 Å². The molecule has 47 heavy (non-hydrogen) atoms. The van der Waals surface area contributed by atoms with Crippen LogP contribution < -0.4 is 0 Å². The third kappa shape index (κ3) is 5.51. The van der Waals surface area contributed by atoms with E-state index in [0.29, 0.717) is 58.1 Å². The van der Waals surface area contributed by atoms with Crippen molar-refractivity contribution < 1.29 is 43.8 Å². The van der Waals surface area contributed by atoms with Gasteiger partial charge < -0.3 is 34.6 Å². The van der Waals surface area contributed by atoms with Gasteiger partial charge in [0, 0.05) is 42.5 Å². The minimum absolute atomic E-state index is 0.00644. The number of aliphatic imine (C=N–C) groups is 1. The molecule has 2 heterocycles. The van der Waals surface area contributed by atoms with Crippen molar-refractivity contribution in [2.45, 2.75) is 126 Å². The van der Waals surface area contributed by atoms with Gasteiger partial charge >= 0.3 is 5.97 Å². The molecule has 0 aromatic heterocycles. The number of aliphatic hydroxyl groups excluding tert-OH is 2. The van der Waals surface area contributed by atoms with Crippen molar-refractivity contribution in [1.29, 1.82) is 0 Å². The Balaban J connectivity index is 1.15. The monoisotopic (exact) mass is 655 g/mol. The molecule has 5 fully saturated rings. The zero-order valence-corrected chi connectivity index (χ0v) is 27.5. The number of esters is 1. The zero-order valence-electron chi connectivity index (χ0n) is 27.5. The van der Waals surface area contributed by atoms with Crippen molar-refractivity contribution in [3.63, 3.8) is 0 Å². The number of ether oxygens (including phenoxy) is 3. The summed E-state index contributed by atoms with van der Waals surface area (Å²) in [7, 11) is 0. The van der Waals surface area contributed by atoms with E-state index in [4.69, 9.17) is 19.2 Å². The Morgan fingerprint density at radius 2 is 1.81 bits per heavy atom. The Morgan fingerprint density at radius 1 is 1.04 bits per heavy atom. The second-order valence-corrected chi connectivity index (χ2v) is 15.6. The molecule has 6 aliphatic rings. The zero-order chi connectivity index (χ0) is 33.2. The van der Waals surface area contributed by atoms with Gasteiger partial charge in [-0.15, -0.1) is 0 Å². The summed E-state index contributed by atoms with van der Waals surface area (Å²) in [5.41, 5.74) is -1.15. The molecule has 4 N–H and O–H groups in total. The molecule has 10 heteroatoms. The molecule has 0 spiro atoms. The molecule has 4 aliphatic carbocycles. The molecule has 7 rings (SSSR count). The molecule has 9 nitrogen and oxygen atoms in total. The number of benzene rings is 1. The van der Waals surface area contributed by atoms with Gasteiger partial charge in [-0.3, -0.25) is 4.99 Å². The lowest BCUT2D eigenvalue weighted by molar-refractivity contribution is -0.282. The molecule has 4 saturated carbocycles. The van der Waals surface area contributed by atoms with Gasteiger partial charge in [-0.25, -0.2) is 9.18 Å². The van der Waals surface area contributed by atoms with Crippen LogP contribution in [-0.2, 0) is 25.4 Å². The lowest BCUT2D eigenvalue weighted by Gasteiger charge is -2.66. The number of carbonyl (C=O) groups is 1. The van der Waals surface area contributed by atoms with Crippen molar-refractivity contribution in [2.24, 2.45) is 33.6 Å². The van der Waals surface area contributed by atoms with E-state index in [9.17, 15) is 29.6 Å². The number of aliphatic hydroxyl groups is 4. The average molecular weight is 656 g/mol. The van der Waals surface area contributed by atoms with Gasteiger partial charge in [0.2, 0.25) is 0 Å². The first kappa shape index (κ1) is 33.3. The normalized spacial score (nSPS) is 46.4. The fourth-order valence-electron chi connectivity index (χ4n) is 10.9. The van der Waals surface area contributed by atoms with Gasteiger partial charge in [0.05, 0.1) is 29.5 Å². The standard InChI is InChI=1S/C37H50FNO8/c1-22-33(42)30(40)18-32(46-22)47-26-7-13-35(21-39-16-11-23-3-5-25(38)6-4-23)28-8-12-34(2)27(24-17-31(41)45-20-24)10-15-37(34,44)29(28)9-14-36(35,43)19-26/h3-6,17,21-22,26-30,32-33,40,42-44H,7-16,18-20H2,1-2H3/t22?,26?,27?,28-,29?,30?,32?,33?,34+,35-,36?,37?/m0/s1. The first-order chi connectivity index (χ1) is 22.4. The second-order valence-electron chi connectivity index (χ2n) is 15.6. The number of rotatable bonds is 7. The molecule has 12 atom stereocenters. The van der Waals surface area contributed by atoms with E-state index in [0.717, 1.165) is 30.4 Å². The minimum atomic E-state index is -1.12. The summed E-state index contributed by atoms with van der Waals surface area (Å²) in [5.74, 6) is -0.523. The lowest BCUT2D eigenvalue weighted by Crippen LogP contribution is -2.69. The van der Waals surface area contributed by atoms with Gasteiger partial charge in [0.1, 0.15) is 18.5 Å². The number of fused-ring (bicyclic) bond motifs is 5. The number of hydrogen-bond donors (Lipinski definition) is 4. The van der Waals surface area contributed by atoms with Crippen LogP contribution >= 0.6 is 0 Å². The van der Waals surface area contributed by atoms with Gasteiger partial charge in [-0.05, 0) is 106 Å². The van der Waals surface area contributed by atoms with E-state index < -0.39 is 46.6 Å². The van der Waals surface area contributed by atoms with Crippen molar-refractivity contribution >= 4 is 12.2 Å². The first-order valence-electron chi connectivity index (χ1n) is 17.6. The summed E-state index contributed by atoms with van der Waals surface area (Å²) in [6.45, 7) is 4.71. The maximum absolute atomic E-state index is 13.5. The van der Waals surface area contributed by atoms with Crippen LogP contribution in [0.3, 0.4) is 0 Å². The maximum Gasteiger partial charge on any atom is 0.331 e. The highest BCUT2D eigenvalue weighted by Gasteiger charge is 2.71. The van der Waals surface area contributed by atoms with E-state index >= 15 is 0 Å². The molecule has 258 valence electrons. The van der Waals surface area contributed by atoms with E-state index in [-0.39, 0.29) is 42.1 Å². The fraction of sp³-hybridized carbons (Fsp3) is 0.730. The molecule has 1 saturated heterocycles. The minimum Gasteiger partial charge on any atom is -0.458 e. The third-order valence-electron chi connectivity index (χ3n) is 13.4. The largest absolute Gasteiger partial charge is 0.458 e. The molecule has 0 radical (unpaired) electrons. The molecule has 0 bridgehead atoms. The Hall–Kier alpha value is -2.21. The van der Waals surface area contributed by atoms with Gasteiger partial charge in [-0.1, -0.05) is 19.1 Å². The summed E-state index contributed by atoms with van der Waals surface area (Å²) in [6, 6.07) is 6.46. The number of nitrogens with zero attached hydrogens (tertiary/aromatic N) is 1. The van der Waals surface area contributed by atoms with Crippen LogP contribution in [0, 0.1) is 34.4 Å². The van der Waals surface area contributed by atoms with Crippen molar-refractivity contribution in [1.82, 2.24) is 0 Å². The Labute approximate surface area is 276 Å². The summed E-state index contributed by atoms with van der Waals surface area (Å²) in [5, 5.41) is 46.0. The summed E-state index contributed by atoms with van der Waals surface area (Å²) in [6.07, 6.45) is 6.93. The molecular weight excluding hydrogens is 605 g/mol. The Morgan fingerprint density at radius 3 is 2.53 bits per heavy atom. The smallest absolute Gasteiger partial charge is 0.331 e. The van der Waals surface area contributed by atoms with Gasteiger partial charge in [0.25, 0.3) is 0 Å². The molecule has 0 amide bonds. The molecular formula is C37H50FNO8. The van der Waals surface area contributed by atoms with Crippen molar-refractivity contribution in [3.8, 4) is 0 Å². The highest BCUT2D eigenvalue weighted by Crippen LogP contribution is 2.70. The number of cyclic esters (lactones) is 1. The quantitative estimate of drug-likeness (QED) is 0.196.